The lowest BCUT2D eigenvalue weighted by Crippen LogP contribution is -2.33. The van der Waals surface area contributed by atoms with Gasteiger partial charge < -0.3 is 10.6 Å². The molecular weight excluding hydrogens is 248 g/mol. The summed E-state index contributed by atoms with van der Waals surface area (Å²) < 4.78 is 0. The predicted molar refractivity (Wildman–Crippen MR) is 85.1 cm³/mol. The van der Waals surface area contributed by atoms with Gasteiger partial charge in [0.25, 0.3) is 0 Å². The van der Waals surface area contributed by atoms with E-state index >= 15 is 0 Å². The lowest BCUT2D eigenvalue weighted by molar-refractivity contribution is -0.114. The number of carbonyl (C=O) groups is 1. The minimum absolute atomic E-state index is 0.0232. The molecule has 2 rings (SSSR count). The molecule has 1 aliphatic carbocycles. The molecule has 3 unspecified atom stereocenters. The van der Waals surface area contributed by atoms with Gasteiger partial charge in [-0.2, -0.15) is 0 Å². The molecular formula is C17H26N2O. The smallest absolute Gasteiger partial charge is 0.221 e. The highest BCUT2D eigenvalue weighted by molar-refractivity contribution is 5.90. The molecule has 3 heteroatoms. The molecule has 110 valence electrons. The third-order valence-corrected chi connectivity index (χ3v) is 4.36. The van der Waals surface area contributed by atoms with Crippen molar-refractivity contribution in [2.45, 2.75) is 53.0 Å². The Balaban J connectivity index is 2.10. The molecule has 20 heavy (non-hydrogen) atoms. The summed E-state index contributed by atoms with van der Waals surface area (Å²) >= 11 is 0. The van der Waals surface area contributed by atoms with Gasteiger partial charge >= 0.3 is 0 Å². The van der Waals surface area contributed by atoms with Crippen molar-refractivity contribution in [3.8, 4) is 0 Å². The number of rotatable bonds is 3. The summed E-state index contributed by atoms with van der Waals surface area (Å²) in [6.07, 6.45) is 3.86. The molecule has 0 spiro atoms. The van der Waals surface area contributed by atoms with E-state index in [1.165, 1.54) is 19.3 Å². The largest absolute Gasteiger partial charge is 0.382 e. The second kappa shape index (κ2) is 6.29. The monoisotopic (exact) mass is 274 g/mol. The maximum absolute atomic E-state index is 11.2. The quantitative estimate of drug-likeness (QED) is 0.867. The summed E-state index contributed by atoms with van der Waals surface area (Å²) in [7, 11) is 0. The molecule has 3 nitrogen and oxygen atoms in total. The van der Waals surface area contributed by atoms with Crippen LogP contribution in [0.1, 0.15) is 45.6 Å². The van der Waals surface area contributed by atoms with Crippen molar-refractivity contribution in [3.05, 3.63) is 23.8 Å². The Morgan fingerprint density at radius 2 is 2.00 bits per heavy atom. The molecule has 0 saturated heterocycles. The van der Waals surface area contributed by atoms with Gasteiger partial charge in [-0.05, 0) is 49.3 Å². The Bertz CT molecular complexity index is 484. The number of hydrogen-bond acceptors (Lipinski definition) is 2. The second-order valence-corrected chi connectivity index (χ2v) is 6.36. The van der Waals surface area contributed by atoms with Crippen molar-refractivity contribution < 1.29 is 4.79 Å². The molecule has 1 fully saturated rings. The maximum atomic E-state index is 11.2. The van der Waals surface area contributed by atoms with E-state index in [0.29, 0.717) is 12.0 Å². The topological polar surface area (TPSA) is 41.1 Å². The summed E-state index contributed by atoms with van der Waals surface area (Å²) in [5, 5.41) is 6.54. The number of carbonyl (C=O) groups excluding carboxylic acids is 1. The van der Waals surface area contributed by atoms with Gasteiger partial charge in [-0.15, -0.1) is 0 Å². The van der Waals surface area contributed by atoms with E-state index in [1.807, 2.05) is 13.0 Å². The number of benzene rings is 1. The average Bonchev–Trinajstić information content (AvgIpc) is 2.37. The van der Waals surface area contributed by atoms with Crippen LogP contribution in [-0.4, -0.2) is 11.9 Å². The molecule has 2 N–H and O–H groups in total. The van der Waals surface area contributed by atoms with Crippen molar-refractivity contribution >= 4 is 17.3 Å². The molecule has 0 heterocycles. The minimum atomic E-state index is -0.0232. The fraction of sp³-hybridized carbons (Fsp3) is 0.588. The summed E-state index contributed by atoms with van der Waals surface area (Å²) in [6, 6.07) is 6.74. The fourth-order valence-corrected chi connectivity index (χ4v) is 2.98. The zero-order chi connectivity index (χ0) is 14.7. The molecule has 1 aromatic carbocycles. The zero-order valence-electron chi connectivity index (χ0n) is 13.0. The highest BCUT2D eigenvalue weighted by Gasteiger charge is 2.25. The van der Waals surface area contributed by atoms with Crippen molar-refractivity contribution in [2.24, 2.45) is 11.8 Å². The van der Waals surface area contributed by atoms with Crippen LogP contribution in [0.25, 0.3) is 0 Å². The second-order valence-electron chi connectivity index (χ2n) is 6.36. The number of anilines is 2. The molecule has 1 amide bonds. The van der Waals surface area contributed by atoms with E-state index in [2.05, 4.69) is 36.6 Å². The van der Waals surface area contributed by atoms with Crippen LogP contribution in [0.5, 0.6) is 0 Å². The van der Waals surface area contributed by atoms with Crippen LogP contribution in [0.15, 0.2) is 18.2 Å². The van der Waals surface area contributed by atoms with E-state index in [0.717, 1.165) is 22.9 Å². The third-order valence-electron chi connectivity index (χ3n) is 4.36. The van der Waals surface area contributed by atoms with Crippen LogP contribution >= 0.6 is 0 Å². The van der Waals surface area contributed by atoms with Gasteiger partial charge in [-0.25, -0.2) is 0 Å². The highest BCUT2D eigenvalue weighted by atomic mass is 16.1. The van der Waals surface area contributed by atoms with Crippen LogP contribution in [0, 0.1) is 18.8 Å². The number of aryl methyl sites for hydroxylation is 1. The van der Waals surface area contributed by atoms with Crippen LogP contribution in [0.2, 0.25) is 0 Å². The van der Waals surface area contributed by atoms with Crippen LogP contribution < -0.4 is 10.6 Å². The molecule has 0 bridgehead atoms. The molecule has 0 aliphatic heterocycles. The Morgan fingerprint density at radius 1 is 1.25 bits per heavy atom. The Hall–Kier alpha value is -1.51. The van der Waals surface area contributed by atoms with Crippen LogP contribution in [0.4, 0.5) is 11.4 Å². The Morgan fingerprint density at radius 3 is 2.70 bits per heavy atom. The number of amides is 1. The number of nitrogens with one attached hydrogen (secondary N) is 2. The van der Waals surface area contributed by atoms with E-state index in [1.54, 1.807) is 6.92 Å². The van der Waals surface area contributed by atoms with E-state index in [-0.39, 0.29) is 5.91 Å². The summed E-state index contributed by atoms with van der Waals surface area (Å²) in [5.41, 5.74) is 3.10. The van der Waals surface area contributed by atoms with Crippen molar-refractivity contribution in [2.75, 3.05) is 10.6 Å². The molecule has 1 aliphatic rings. The molecule has 3 atom stereocenters. The number of hydrogen-bond donors (Lipinski definition) is 2. The highest BCUT2D eigenvalue weighted by Crippen LogP contribution is 2.31. The summed E-state index contributed by atoms with van der Waals surface area (Å²) in [4.78, 5) is 11.2. The van der Waals surface area contributed by atoms with Gasteiger partial charge in [-0.3, -0.25) is 4.79 Å². The van der Waals surface area contributed by atoms with Crippen molar-refractivity contribution in [1.82, 2.24) is 0 Å². The van der Waals surface area contributed by atoms with Gasteiger partial charge in [-0.1, -0.05) is 26.3 Å². The van der Waals surface area contributed by atoms with Gasteiger partial charge in [0.15, 0.2) is 0 Å². The first kappa shape index (κ1) is 14.9. The normalized spacial score (nSPS) is 26.1. The molecule has 0 radical (unpaired) electrons. The first-order valence-electron chi connectivity index (χ1n) is 7.60. The van der Waals surface area contributed by atoms with E-state index in [9.17, 15) is 4.79 Å². The predicted octanol–water partition coefficient (Wildman–Crippen LogP) is 4.19. The molecule has 1 saturated carbocycles. The SMILES string of the molecule is CC(=O)Nc1cc(NC2CC(C)CCC2C)ccc1C. The van der Waals surface area contributed by atoms with E-state index < -0.39 is 0 Å². The van der Waals surface area contributed by atoms with Gasteiger partial charge in [0.05, 0.1) is 0 Å². The fourth-order valence-electron chi connectivity index (χ4n) is 2.98. The van der Waals surface area contributed by atoms with Crippen LogP contribution in [0.3, 0.4) is 0 Å². The Kier molecular flexibility index (Phi) is 4.69. The third kappa shape index (κ3) is 3.75. The Labute approximate surface area is 122 Å². The zero-order valence-corrected chi connectivity index (χ0v) is 13.0. The van der Waals surface area contributed by atoms with E-state index in [4.69, 9.17) is 0 Å². The first-order valence-corrected chi connectivity index (χ1v) is 7.60. The average molecular weight is 274 g/mol. The minimum Gasteiger partial charge on any atom is -0.382 e. The molecule has 0 aromatic heterocycles. The first-order chi connectivity index (χ1) is 9.45. The van der Waals surface area contributed by atoms with Crippen molar-refractivity contribution in [3.63, 3.8) is 0 Å². The van der Waals surface area contributed by atoms with Crippen molar-refractivity contribution in [1.29, 1.82) is 0 Å². The summed E-state index contributed by atoms with van der Waals surface area (Å²) in [6.45, 7) is 8.22. The lowest BCUT2D eigenvalue weighted by atomic mass is 9.80. The molecule has 1 aromatic rings. The lowest BCUT2D eigenvalue weighted by Gasteiger charge is -2.34. The van der Waals surface area contributed by atoms with Crippen LogP contribution in [-0.2, 0) is 4.79 Å². The standard InChI is InChI=1S/C17H26N2O/c1-11-5-6-12(2)16(9-11)19-15-8-7-13(3)17(10-15)18-14(4)20/h7-8,10-12,16,19H,5-6,9H2,1-4H3,(H,18,20). The summed E-state index contributed by atoms with van der Waals surface area (Å²) in [5.74, 6) is 1.48. The van der Waals surface area contributed by atoms with Gasteiger partial charge in [0.1, 0.15) is 0 Å². The van der Waals surface area contributed by atoms with Gasteiger partial charge in [0, 0.05) is 24.3 Å². The van der Waals surface area contributed by atoms with Gasteiger partial charge in [0.2, 0.25) is 5.91 Å². The maximum Gasteiger partial charge on any atom is 0.221 e.